The summed E-state index contributed by atoms with van der Waals surface area (Å²) in [4.78, 5) is 1.82. The number of nitrogens with zero attached hydrogens (tertiary/aromatic N) is 3. The Morgan fingerprint density at radius 2 is 1.95 bits per heavy atom. The van der Waals surface area contributed by atoms with Crippen molar-refractivity contribution in [2.24, 2.45) is 15.6 Å². The van der Waals surface area contributed by atoms with E-state index in [1.165, 1.54) is 0 Å². The first-order valence-corrected chi connectivity index (χ1v) is 7.45. The topological polar surface area (TPSA) is 56.6 Å². The number of nitrogens with one attached hydrogen (secondary N) is 1. The number of benzene rings is 1. The summed E-state index contributed by atoms with van der Waals surface area (Å²) in [6.07, 6.45) is 3.82. The molecular weight excluding hydrogens is 274 g/mol. The number of anilines is 1. The predicted molar refractivity (Wildman–Crippen MR) is 92.8 cm³/mol. The molecule has 3 N–H and O–H groups in total. The Kier molecular flexibility index (Phi) is 6.79. The molecule has 0 bridgehead atoms. The van der Waals surface area contributed by atoms with E-state index in [-0.39, 0.29) is 5.41 Å². The van der Waals surface area contributed by atoms with E-state index < -0.39 is 0 Å². The molecule has 0 radical (unpaired) electrons. The average molecular weight is 302 g/mol. The van der Waals surface area contributed by atoms with Gasteiger partial charge in [-0.25, -0.2) is 0 Å². The Labute approximate surface area is 133 Å². The third-order valence-electron chi connectivity index (χ3n) is 2.88. The Morgan fingerprint density at radius 1 is 1.32 bits per heavy atom. The van der Waals surface area contributed by atoms with Crippen LogP contribution < -0.4 is 10.6 Å². The molecule has 0 spiro atoms. The zero-order valence-corrected chi connectivity index (χ0v) is 14.3. The number of nitrogens with two attached hydrogens (primary N) is 1. The second kappa shape index (κ2) is 8.34. The lowest BCUT2D eigenvalue weighted by Gasteiger charge is -2.19. The molecule has 0 heterocycles. The van der Waals surface area contributed by atoms with Gasteiger partial charge in [0.25, 0.3) is 0 Å². The molecule has 0 aromatic heterocycles. The van der Waals surface area contributed by atoms with Crippen LogP contribution in [0.1, 0.15) is 20.8 Å². The minimum absolute atomic E-state index is 0.254. The van der Waals surface area contributed by atoms with E-state index in [0.29, 0.717) is 5.82 Å². The Bertz CT molecular complexity index is 523. The molecule has 5 heteroatoms. The predicted octanol–water partition coefficient (Wildman–Crippen LogP) is 3.30. The van der Waals surface area contributed by atoms with E-state index in [1.54, 1.807) is 0 Å². The molecular formula is C17H28N5+. The molecule has 0 aliphatic rings. The van der Waals surface area contributed by atoms with Gasteiger partial charge in [-0.3, -0.25) is 0 Å². The third kappa shape index (κ3) is 7.04. The number of azo groups is 1. The van der Waals surface area contributed by atoms with Gasteiger partial charge >= 0.3 is 0 Å². The van der Waals surface area contributed by atoms with Crippen molar-refractivity contribution in [2.75, 3.05) is 26.0 Å². The van der Waals surface area contributed by atoms with E-state index >= 15 is 0 Å². The number of quaternary nitrogens is 1. The van der Waals surface area contributed by atoms with Crippen LogP contribution in [-0.4, -0.2) is 25.5 Å². The molecule has 0 saturated heterocycles. The van der Waals surface area contributed by atoms with Crippen LogP contribution in [0.5, 0.6) is 0 Å². The smallest absolute Gasteiger partial charge is 0.147 e. The highest BCUT2D eigenvalue weighted by atomic mass is 15.3. The Hall–Kier alpha value is -2.14. The summed E-state index contributed by atoms with van der Waals surface area (Å²) in [5.74, 6) is 0.591. The fraction of sp³-hybridized carbons (Fsp3) is 0.412. The normalized spacial score (nSPS) is 12.0. The number of hydrogen-bond acceptors (Lipinski definition) is 4. The van der Waals surface area contributed by atoms with E-state index in [9.17, 15) is 0 Å². The average Bonchev–Trinajstić information content (AvgIpc) is 2.48. The molecule has 22 heavy (non-hydrogen) atoms. The highest BCUT2D eigenvalue weighted by molar-refractivity contribution is 5.50. The second-order valence-corrected chi connectivity index (χ2v) is 6.36. The summed E-state index contributed by atoms with van der Waals surface area (Å²) in [6, 6.07) is 7.91. The van der Waals surface area contributed by atoms with Crippen molar-refractivity contribution < 1.29 is 5.32 Å². The first-order chi connectivity index (χ1) is 10.3. The van der Waals surface area contributed by atoms with Crippen LogP contribution in [0.15, 0.2) is 59.3 Å². The number of hydrogen-bond donors (Lipinski definition) is 2. The summed E-state index contributed by atoms with van der Waals surface area (Å²) in [6.45, 7) is 11.4. The lowest BCUT2D eigenvalue weighted by molar-refractivity contribution is -0.557. The van der Waals surface area contributed by atoms with Gasteiger partial charge in [0.2, 0.25) is 0 Å². The first-order valence-electron chi connectivity index (χ1n) is 7.45. The summed E-state index contributed by atoms with van der Waals surface area (Å²) >= 11 is 0. The first kappa shape index (κ1) is 17.9. The van der Waals surface area contributed by atoms with E-state index in [2.05, 4.69) is 42.9 Å². The van der Waals surface area contributed by atoms with Crippen LogP contribution in [0.3, 0.4) is 0 Å². The van der Waals surface area contributed by atoms with Crippen LogP contribution in [0.2, 0.25) is 0 Å². The van der Waals surface area contributed by atoms with Gasteiger partial charge in [0.1, 0.15) is 12.0 Å². The van der Waals surface area contributed by atoms with Crippen LogP contribution >= 0.6 is 0 Å². The SMILES string of the molecule is C=C(N=Nc1ccc(NCC(C)(C)C)cc1)N(C)/C=C\[NH2+]C. The summed E-state index contributed by atoms with van der Waals surface area (Å²) in [5.41, 5.74) is 2.15. The van der Waals surface area contributed by atoms with Gasteiger partial charge in [0.15, 0.2) is 0 Å². The highest BCUT2D eigenvalue weighted by Gasteiger charge is 2.08. The van der Waals surface area contributed by atoms with E-state index in [4.69, 9.17) is 0 Å². The van der Waals surface area contributed by atoms with Gasteiger partial charge in [0, 0.05) is 19.3 Å². The fourth-order valence-electron chi connectivity index (χ4n) is 1.50. The van der Waals surface area contributed by atoms with Crippen molar-refractivity contribution in [3.8, 4) is 0 Å². The molecule has 0 amide bonds. The molecule has 0 atom stereocenters. The second-order valence-electron chi connectivity index (χ2n) is 6.36. The third-order valence-corrected chi connectivity index (χ3v) is 2.88. The quantitative estimate of drug-likeness (QED) is 0.759. The van der Waals surface area contributed by atoms with Crippen molar-refractivity contribution in [2.45, 2.75) is 20.8 Å². The van der Waals surface area contributed by atoms with Crippen molar-refractivity contribution in [3.05, 3.63) is 49.1 Å². The van der Waals surface area contributed by atoms with Crippen LogP contribution in [0.4, 0.5) is 11.4 Å². The van der Waals surface area contributed by atoms with Crippen LogP contribution in [0, 0.1) is 5.41 Å². The molecule has 0 saturated carbocycles. The molecule has 0 fully saturated rings. The van der Waals surface area contributed by atoms with Crippen molar-refractivity contribution >= 4 is 11.4 Å². The summed E-state index contributed by atoms with van der Waals surface area (Å²) in [5, 5.41) is 13.7. The van der Waals surface area contributed by atoms with Crippen molar-refractivity contribution in [1.82, 2.24) is 4.90 Å². The van der Waals surface area contributed by atoms with Gasteiger partial charge in [-0.15, -0.1) is 10.2 Å². The van der Waals surface area contributed by atoms with Crippen LogP contribution in [-0.2, 0) is 0 Å². The minimum Gasteiger partial charge on any atom is -0.385 e. The summed E-state index contributed by atoms with van der Waals surface area (Å²) < 4.78 is 0. The van der Waals surface area contributed by atoms with Crippen molar-refractivity contribution in [3.63, 3.8) is 0 Å². The lowest BCUT2D eigenvalue weighted by Crippen LogP contribution is -2.72. The van der Waals surface area contributed by atoms with Gasteiger partial charge in [-0.1, -0.05) is 27.4 Å². The highest BCUT2D eigenvalue weighted by Crippen LogP contribution is 2.20. The minimum atomic E-state index is 0.254. The maximum Gasteiger partial charge on any atom is 0.147 e. The number of rotatable bonds is 7. The maximum absolute atomic E-state index is 4.20. The lowest BCUT2D eigenvalue weighted by atomic mass is 9.97. The standard InChI is InChI=1S/C17H27N5/c1-14(22(6)12-11-18-5)20-21-16-9-7-15(8-10-16)19-13-17(2,3)4/h7-12,18-19H,1,13H2,2-6H3/p+1/b12-11-,21-20?. The van der Waals surface area contributed by atoms with Gasteiger partial charge in [-0.05, 0) is 29.7 Å². The fourth-order valence-corrected chi connectivity index (χ4v) is 1.50. The molecule has 1 aromatic carbocycles. The molecule has 0 aliphatic heterocycles. The Morgan fingerprint density at radius 3 is 2.50 bits per heavy atom. The van der Waals surface area contributed by atoms with Gasteiger partial charge in [0.05, 0.1) is 18.9 Å². The molecule has 1 rings (SSSR count). The zero-order valence-electron chi connectivity index (χ0n) is 14.3. The van der Waals surface area contributed by atoms with Gasteiger partial charge < -0.3 is 15.5 Å². The van der Waals surface area contributed by atoms with E-state index in [1.807, 2.05) is 61.0 Å². The summed E-state index contributed by atoms with van der Waals surface area (Å²) in [7, 11) is 3.85. The molecule has 5 nitrogen and oxygen atoms in total. The zero-order chi connectivity index (χ0) is 16.6. The molecule has 1 aromatic rings. The molecule has 0 unspecified atom stereocenters. The molecule has 0 aliphatic carbocycles. The largest absolute Gasteiger partial charge is 0.385 e. The van der Waals surface area contributed by atoms with Gasteiger partial charge in [-0.2, -0.15) is 0 Å². The van der Waals surface area contributed by atoms with Crippen molar-refractivity contribution in [1.29, 1.82) is 0 Å². The molecule has 120 valence electrons. The Balaban J connectivity index is 2.58. The van der Waals surface area contributed by atoms with Crippen LogP contribution in [0.25, 0.3) is 0 Å². The maximum atomic E-state index is 4.20. The monoisotopic (exact) mass is 302 g/mol. The van der Waals surface area contributed by atoms with E-state index in [0.717, 1.165) is 17.9 Å².